The fraction of sp³-hybridized carbons (Fsp3) is 0.0526. The molecule has 0 unspecified atom stereocenters. The van der Waals surface area contributed by atoms with Crippen LogP contribution in [0.25, 0.3) is 16.7 Å². The second-order valence-corrected chi connectivity index (χ2v) is 7.56. The lowest BCUT2D eigenvalue weighted by molar-refractivity contribution is -0.384. The van der Waals surface area contributed by atoms with Crippen molar-refractivity contribution in [3.8, 4) is 5.69 Å². The SMILES string of the molecule is O=C(CSc1nc2c(cnn2-c2ccc([N+](=O)[O-])cc2)c(=O)[nH]1)c1ccc(Cl)cc1. The van der Waals surface area contributed by atoms with Gasteiger partial charge in [0.15, 0.2) is 16.6 Å². The summed E-state index contributed by atoms with van der Waals surface area (Å²) in [4.78, 5) is 42.1. The van der Waals surface area contributed by atoms with Crippen LogP contribution in [0, 0.1) is 10.1 Å². The maximum Gasteiger partial charge on any atom is 0.269 e. The van der Waals surface area contributed by atoms with Gasteiger partial charge in [-0.15, -0.1) is 0 Å². The van der Waals surface area contributed by atoms with Gasteiger partial charge in [-0.25, -0.2) is 9.67 Å². The highest BCUT2D eigenvalue weighted by atomic mass is 35.5. The largest absolute Gasteiger partial charge is 0.301 e. The van der Waals surface area contributed by atoms with E-state index < -0.39 is 10.5 Å². The molecule has 0 aliphatic heterocycles. The van der Waals surface area contributed by atoms with Crippen molar-refractivity contribution in [1.29, 1.82) is 0 Å². The highest BCUT2D eigenvalue weighted by Crippen LogP contribution is 2.21. The maximum atomic E-state index is 12.4. The van der Waals surface area contributed by atoms with E-state index >= 15 is 0 Å². The van der Waals surface area contributed by atoms with Crippen LogP contribution >= 0.6 is 23.4 Å². The molecule has 0 saturated heterocycles. The first kappa shape index (κ1) is 19.8. The summed E-state index contributed by atoms with van der Waals surface area (Å²) < 4.78 is 1.42. The molecule has 0 saturated carbocycles. The highest BCUT2D eigenvalue weighted by Gasteiger charge is 2.14. The van der Waals surface area contributed by atoms with Crippen LogP contribution in [0.2, 0.25) is 5.02 Å². The number of hydrogen-bond acceptors (Lipinski definition) is 7. The molecule has 0 fully saturated rings. The molecular formula is C19H12ClN5O4S. The summed E-state index contributed by atoms with van der Waals surface area (Å²) in [7, 11) is 0. The third-order valence-corrected chi connectivity index (χ3v) is 5.35. The molecule has 0 aliphatic rings. The van der Waals surface area contributed by atoms with Crippen molar-refractivity contribution in [2.75, 3.05) is 5.75 Å². The number of aromatic amines is 1. The third kappa shape index (κ3) is 3.95. The van der Waals surface area contributed by atoms with Crippen LogP contribution in [0.3, 0.4) is 0 Å². The average Bonchev–Trinajstić information content (AvgIpc) is 3.17. The summed E-state index contributed by atoms with van der Waals surface area (Å²) in [6.45, 7) is 0. The van der Waals surface area contributed by atoms with Gasteiger partial charge in [0.2, 0.25) is 0 Å². The first-order valence-corrected chi connectivity index (χ1v) is 9.93. The van der Waals surface area contributed by atoms with Gasteiger partial charge in [-0.05, 0) is 36.4 Å². The topological polar surface area (TPSA) is 124 Å². The molecule has 0 spiro atoms. The zero-order valence-corrected chi connectivity index (χ0v) is 16.7. The van der Waals surface area contributed by atoms with Crippen molar-refractivity contribution < 1.29 is 9.72 Å². The van der Waals surface area contributed by atoms with E-state index in [9.17, 15) is 19.7 Å². The number of Topliss-reactive ketones (excluding diaryl/α,β-unsaturated/α-hetero) is 1. The van der Waals surface area contributed by atoms with Gasteiger partial charge in [-0.1, -0.05) is 23.4 Å². The standard InChI is InChI=1S/C19H12ClN5O4S/c20-12-3-1-11(2-4-12)16(26)10-30-19-22-17-15(18(27)23-19)9-21-24(17)13-5-7-14(8-6-13)25(28)29/h1-9H,10H2,(H,22,23,27). The van der Waals surface area contributed by atoms with Gasteiger partial charge < -0.3 is 4.98 Å². The van der Waals surface area contributed by atoms with Crippen LogP contribution in [0.4, 0.5) is 5.69 Å². The van der Waals surface area contributed by atoms with Crippen LogP contribution in [-0.2, 0) is 0 Å². The third-order valence-electron chi connectivity index (χ3n) is 4.23. The minimum Gasteiger partial charge on any atom is -0.301 e. The molecule has 11 heteroatoms. The number of carbonyl (C=O) groups is 1. The minimum atomic E-state index is -0.500. The van der Waals surface area contributed by atoms with Crippen LogP contribution in [0.5, 0.6) is 0 Å². The fourth-order valence-electron chi connectivity index (χ4n) is 2.72. The summed E-state index contributed by atoms with van der Waals surface area (Å²) >= 11 is 6.92. The van der Waals surface area contributed by atoms with Crippen LogP contribution in [0.1, 0.15) is 10.4 Å². The van der Waals surface area contributed by atoms with Gasteiger partial charge in [-0.2, -0.15) is 5.10 Å². The first-order valence-electron chi connectivity index (χ1n) is 8.57. The molecule has 4 rings (SSSR count). The minimum absolute atomic E-state index is 0.0574. The number of nitrogens with one attached hydrogen (secondary N) is 1. The average molecular weight is 442 g/mol. The van der Waals surface area contributed by atoms with Crippen LogP contribution < -0.4 is 5.56 Å². The van der Waals surface area contributed by atoms with Gasteiger partial charge >= 0.3 is 0 Å². The van der Waals surface area contributed by atoms with E-state index in [4.69, 9.17) is 11.6 Å². The summed E-state index contributed by atoms with van der Waals surface area (Å²) in [5.74, 6) is -0.0647. The van der Waals surface area contributed by atoms with Gasteiger partial charge in [0.1, 0.15) is 5.39 Å². The van der Waals surface area contributed by atoms with Crippen molar-refractivity contribution in [1.82, 2.24) is 19.7 Å². The Morgan fingerprint density at radius 2 is 1.87 bits per heavy atom. The lowest BCUT2D eigenvalue weighted by atomic mass is 10.1. The normalized spacial score (nSPS) is 11.0. The number of non-ortho nitro benzene ring substituents is 1. The Kier molecular flexibility index (Phi) is 5.34. The van der Waals surface area contributed by atoms with Crippen molar-refractivity contribution in [3.63, 3.8) is 0 Å². The number of nitro groups is 1. The number of H-pyrrole nitrogens is 1. The molecule has 9 nitrogen and oxygen atoms in total. The van der Waals surface area contributed by atoms with Gasteiger partial charge in [0, 0.05) is 22.7 Å². The molecule has 1 N–H and O–H groups in total. The number of thioether (sulfide) groups is 1. The summed E-state index contributed by atoms with van der Waals surface area (Å²) in [5, 5.41) is 16.1. The van der Waals surface area contributed by atoms with E-state index in [1.807, 2.05) is 0 Å². The maximum absolute atomic E-state index is 12.4. The Bertz CT molecular complexity index is 1320. The molecule has 0 radical (unpaired) electrons. The van der Waals surface area contributed by atoms with Crippen LogP contribution in [-0.4, -0.2) is 36.2 Å². The predicted molar refractivity (Wildman–Crippen MR) is 113 cm³/mol. The Hall–Kier alpha value is -3.50. The highest BCUT2D eigenvalue weighted by molar-refractivity contribution is 7.99. The zero-order valence-electron chi connectivity index (χ0n) is 15.1. The quantitative estimate of drug-likeness (QED) is 0.159. The van der Waals surface area contributed by atoms with Crippen molar-refractivity contribution in [3.05, 3.63) is 85.8 Å². The molecule has 0 aliphatic carbocycles. The number of halogens is 1. The smallest absolute Gasteiger partial charge is 0.269 e. The molecule has 4 aromatic rings. The second-order valence-electron chi connectivity index (χ2n) is 6.16. The van der Waals surface area contributed by atoms with Crippen LogP contribution in [0.15, 0.2) is 64.7 Å². The van der Waals surface area contributed by atoms with E-state index in [1.165, 1.54) is 35.1 Å². The molecule has 2 aromatic carbocycles. The van der Waals surface area contributed by atoms with Crippen molar-refractivity contribution in [2.45, 2.75) is 5.16 Å². The van der Waals surface area contributed by atoms with E-state index in [2.05, 4.69) is 15.1 Å². The summed E-state index contributed by atoms with van der Waals surface area (Å²) in [5.41, 5.74) is 0.856. The van der Waals surface area contributed by atoms with Gasteiger partial charge in [-0.3, -0.25) is 19.7 Å². The number of nitro benzene ring substituents is 1. The summed E-state index contributed by atoms with van der Waals surface area (Å²) in [6, 6.07) is 12.3. The first-order chi connectivity index (χ1) is 14.4. The number of carbonyl (C=O) groups excluding carboxylic acids is 1. The number of hydrogen-bond donors (Lipinski definition) is 1. The number of fused-ring (bicyclic) bond motifs is 1. The molecule has 2 heterocycles. The summed E-state index contributed by atoms with van der Waals surface area (Å²) in [6.07, 6.45) is 1.37. The number of ketones is 1. The lowest BCUT2D eigenvalue weighted by Crippen LogP contribution is -2.11. The van der Waals surface area contributed by atoms with Gasteiger partial charge in [0.05, 0.1) is 22.6 Å². The number of nitrogens with zero attached hydrogens (tertiary/aromatic N) is 4. The Balaban J connectivity index is 1.61. The van der Waals surface area contributed by atoms with Gasteiger partial charge in [0.25, 0.3) is 11.2 Å². The predicted octanol–water partition coefficient (Wildman–Crippen LogP) is 3.65. The molecule has 0 bridgehead atoms. The van der Waals surface area contributed by atoms with E-state index in [-0.39, 0.29) is 33.4 Å². The Morgan fingerprint density at radius 1 is 1.17 bits per heavy atom. The zero-order chi connectivity index (χ0) is 21.3. The Morgan fingerprint density at radius 3 is 2.53 bits per heavy atom. The molecule has 150 valence electrons. The van der Waals surface area contributed by atoms with E-state index in [1.54, 1.807) is 24.3 Å². The van der Waals surface area contributed by atoms with Crippen molar-refractivity contribution in [2.24, 2.45) is 0 Å². The lowest BCUT2D eigenvalue weighted by Gasteiger charge is -2.05. The van der Waals surface area contributed by atoms with E-state index in [0.29, 0.717) is 16.3 Å². The molecule has 0 amide bonds. The number of benzene rings is 2. The monoisotopic (exact) mass is 441 g/mol. The fourth-order valence-corrected chi connectivity index (χ4v) is 3.60. The number of rotatable bonds is 6. The Labute approximate surface area is 177 Å². The van der Waals surface area contributed by atoms with E-state index in [0.717, 1.165) is 11.8 Å². The molecule has 2 aromatic heterocycles. The van der Waals surface area contributed by atoms with Crippen molar-refractivity contribution >= 4 is 45.9 Å². The second kappa shape index (κ2) is 8.09. The molecular weight excluding hydrogens is 430 g/mol. The number of aromatic nitrogens is 4. The molecule has 30 heavy (non-hydrogen) atoms. The molecule has 0 atom stereocenters.